The summed E-state index contributed by atoms with van der Waals surface area (Å²) in [6.07, 6.45) is 0. The van der Waals surface area contributed by atoms with Crippen LogP contribution in [0.2, 0.25) is 5.02 Å². The lowest BCUT2D eigenvalue weighted by Crippen LogP contribution is -2.32. The van der Waals surface area contributed by atoms with Gasteiger partial charge >= 0.3 is 0 Å². The first-order chi connectivity index (χ1) is 11.4. The van der Waals surface area contributed by atoms with Crippen LogP contribution in [0.1, 0.15) is 5.56 Å². The van der Waals surface area contributed by atoms with Crippen molar-refractivity contribution in [3.8, 4) is 0 Å². The molecule has 2 amide bonds. The van der Waals surface area contributed by atoms with Crippen molar-refractivity contribution < 1.29 is 9.59 Å². The minimum atomic E-state index is -0.546. The first-order valence-electron chi connectivity index (χ1n) is 6.96. The van der Waals surface area contributed by atoms with Gasteiger partial charge in [-0.1, -0.05) is 29.3 Å². The lowest BCUT2D eigenvalue weighted by molar-refractivity contribution is -0.120. The summed E-state index contributed by atoms with van der Waals surface area (Å²) in [6.45, 7) is 1.84. The number of imide groups is 1. The molecule has 3 rings (SSSR count). The lowest BCUT2D eigenvalue weighted by Gasteiger charge is -2.17. The van der Waals surface area contributed by atoms with Gasteiger partial charge in [0.25, 0.3) is 11.8 Å². The number of amides is 2. The van der Waals surface area contributed by atoms with Crippen molar-refractivity contribution in [1.82, 2.24) is 0 Å². The van der Waals surface area contributed by atoms with Gasteiger partial charge in [0.05, 0.1) is 5.69 Å². The van der Waals surface area contributed by atoms with E-state index in [9.17, 15) is 9.59 Å². The number of carbonyl (C=O) groups excluding carboxylic acids is 2. The predicted molar refractivity (Wildman–Crippen MR) is 104 cm³/mol. The summed E-state index contributed by atoms with van der Waals surface area (Å²) < 4.78 is 1.02. The summed E-state index contributed by atoms with van der Waals surface area (Å²) >= 11 is 14.2. The Morgan fingerprint density at radius 1 is 1.04 bits per heavy atom. The fraction of sp³-hybridized carbons (Fsp3) is 0.0588. The van der Waals surface area contributed by atoms with Crippen molar-refractivity contribution in [3.63, 3.8) is 0 Å². The number of rotatable bonds is 3. The van der Waals surface area contributed by atoms with Gasteiger partial charge in [0.1, 0.15) is 10.7 Å². The third kappa shape index (κ3) is 3.16. The topological polar surface area (TPSA) is 49.4 Å². The van der Waals surface area contributed by atoms with Gasteiger partial charge in [-0.15, -0.1) is 0 Å². The molecule has 1 aliphatic heterocycles. The van der Waals surface area contributed by atoms with E-state index in [1.54, 1.807) is 30.3 Å². The van der Waals surface area contributed by atoms with Crippen molar-refractivity contribution in [2.24, 2.45) is 0 Å². The second-order valence-corrected chi connectivity index (χ2v) is 7.26. The first kappa shape index (κ1) is 17.3. The number of nitrogens with zero attached hydrogens (tertiary/aromatic N) is 1. The van der Waals surface area contributed by atoms with Crippen LogP contribution in [0.5, 0.6) is 0 Å². The Morgan fingerprint density at radius 3 is 2.46 bits per heavy atom. The number of benzene rings is 2. The number of anilines is 2. The van der Waals surface area contributed by atoms with E-state index in [1.807, 2.05) is 19.1 Å². The molecule has 2 aromatic rings. The van der Waals surface area contributed by atoms with Crippen molar-refractivity contribution in [2.75, 3.05) is 10.2 Å². The Bertz CT molecular complexity index is 896. The van der Waals surface area contributed by atoms with Crippen LogP contribution < -0.4 is 10.2 Å². The van der Waals surface area contributed by atoms with Gasteiger partial charge in [-0.2, -0.15) is 0 Å². The number of hydrogen-bond acceptors (Lipinski definition) is 3. The summed E-state index contributed by atoms with van der Waals surface area (Å²) in [5.74, 6) is -1.04. The van der Waals surface area contributed by atoms with Crippen LogP contribution in [-0.4, -0.2) is 11.8 Å². The van der Waals surface area contributed by atoms with Crippen LogP contribution in [0, 0.1) is 10.5 Å². The van der Waals surface area contributed by atoms with E-state index >= 15 is 0 Å². The number of nitrogens with one attached hydrogen (secondary N) is 1. The standard InChI is InChI=1S/C17H11Cl2IN2O2/c1-9-7-11(20)5-6-13(9)22-16(23)14(19)15(17(22)24)21-12-4-2-3-10(18)8-12/h2-8,21H,1H3. The van der Waals surface area contributed by atoms with Crippen molar-refractivity contribution in [3.05, 3.63) is 67.4 Å². The molecule has 0 unspecified atom stereocenters. The minimum absolute atomic E-state index is 0.0434. The molecule has 0 radical (unpaired) electrons. The lowest BCUT2D eigenvalue weighted by atomic mass is 10.2. The molecule has 0 aromatic heterocycles. The quantitative estimate of drug-likeness (QED) is 0.520. The first-order valence-corrected chi connectivity index (χ1v) is 8.79. The summed E-state index contributed by atoms with van der Waals surface area (Å²) in [4.78, 5) is 26.3. The normalized spacial score (nSPS) is 14.6. The SMILES string of the molecule is Cc1cc(I)ccc1N1C(=O)C(Cl)=C(Nc2cccc(Cl)c2)C1=O. The molecule has 2 aromatic carbocycles. The van der Waals surface area contributed by atoms with E-state index in [2.05, 4.69) is 27.9 Å². The fourth-order valence-corrected chi connectivity index (χ4v) is 3.46. The zero-order valence-corrected chi connectivity index (χ0v) is 16.1. The molecule has 0 saturated carbocycles. The highest BCUT2D eigenvalue weighted by molar-refractivity contribution is 14.1. The van der Waals surface area contributed by atoms with Gasteiger partial charge in [0.2, 0.25) is 0 Å². The summed E-state index contributed by atoms with van der Waals surface area (Å²) in [5, 5.41) is 3.26. The maximum atomic E-state index is 12.7. The second kappa shape index (κ2) is 6.74. The Balaban J connectivity index is 1.95. The highest BCUT2D eigenvalue weighted by Gasteiger charge is 2.39. The van der Waals surface area contributed by atoms with Crippen LogP contribution in [0.25, 0.3) is 0 Å². The molecule has 4 nitrogen and oxygen atoms in total. The van der Waals surface area contributed by atoms with Gasteiger partial charge in [-0.25, -0.2) is 4.90 Å². The van der Waals surface area contributed by atoms with E-state index in [1.165, 1.54) is 0 Å². The number of aryl methyl sites for hydroxylation is 1. The molecule has 1 N–H and O–H groups in total. The molecule has 1 heterocycles. The van der Waals surface area contributed by atoms with Gasteiger partial charge in [0, 0.05) is 14.3 Å². The molecule has 0 atom stereocenters. The van der Waals surface area contributed by atoms with E-state index in [4.69, 9.17) is 23.2 Å². The van der Waals surface area contributed by atoms with Crippen LogP contribution in [0.15, 0.2) is 53.2 Å². The monoisotopic (exact) mass is 472 g/mol. The molecule has 0 aliphatic carbocycles. The Hall–Kier alpha value is -1.57. The number of halogens is 3. The molecule has 0 bridgehead atoms. The Morgan fingerprint density at radius 2 is 1.79 bits per heavy atom. The maximum Gasteiger partial charge on any atom is 0.283 e. The second-order valence-electron chi connectivity index (χ2n) is 5.20. The molecular formula is C17H11Cl2IN2O2. The average Bonchev–Trinajstić information content (AvgIpc) is 2.72. The van der Waals surface area contributed by atoms with Crippen LogP contribution >= 0.6 is 45.8 Å². The third-order valence-corrected chi connectivity index (χ3v) is 4.78. The summed E-state index contributed by atoms with van der Waals surface area (Å²) in [7, 11) is 0. The highest BCUT2D eigenvalue weighted by atomic mass is 127. The van der Waals surface area contributed by atoms with Crippen molar-refractivity contribution in [2.45, 2.75) is 6.92 Å². The Labute approximate surface area is 162 Å². The zero-order chi connectivity index (χ0) is 17.4. The van der Waals surface area contributed by atoms with Crippen LogP contribution in [0.3, 0.4) is 0 Å². The molecule has 0 fully saturated rings. The van der Waals surface area contributed by atoms with Gasteiger partial charge in [-0.05, 0) is 71.5 Å². The minimum Gasteiger partial charge on any atom is -0.350 e. The molecule has 1 aliphatic rings. The van der Waals surface area contributed by atoms with Gasteiger partial charge in [-0.3, -0.25) is 9.59 Å². The van der Waals surface area contributed by atoms with E-state index in [-0.39, 0.29) is 10.7 Å². The summed E-state index contributed by atoms with van der Waals surface area (Å²) in [6, 6.07) is 12.3. The van der Waals surface area contributed by atoms with Gasteiger partial charge < -0.3 is 5.32 Å². The summed E-state index contributed by atoms with van der Waals surface area (Å²) in [5.41, 5.74) is 1.96. The molecule has 122 valence electrons. The van der Waals surface area contributed by atoms with E-state index in [0.29, 0.717) is 16.4 Å². The predicted octanol–water partition coefficient (Wildman–Crippen LogP) is 4.69. The molecule has 7 heteroatoms. The largest absolute Gasteiger partial charge is 0.350 e. The highest BCUT2D eigenvalue weighted by Crippen LogP contribution is 2.32. The van der Waals surface area contributed by atoms with Crippen LogP contribution in [0.4, 0.5) is 11.4 Å². The fourth-order valence-electron chi connectivity index (χ4n) is 2.41. The smallest absolute Gasteiger partial charge is 0.283 e. The molecular weight excluding hydrogens is 462 g/mol. The Kier molecular flexibility index (Phi) is 4.85. The number of carbonyl (C=O) groups is 2. The molecule has 0 saturated heterocycles. The average molecular weight is 473 g/mol. The maximum absolute atomic E-state index is 12.7. The third-order valence-electron chi connectivity index (χ3n) is 3.52. The molecule has 0 spiro atoms. The zero-order valence-electron chi connectivity index (χ0n) is 12.4. The van der Waals surface area contributed by atoms with E-state index < -0.39 is 11.8 Å². The van der Waals surface area contributed by atoms with Crippen molar-refractivity contribution in [1.29, 1.82) is 0 Å². The van der Waals surface area contributed by atoms with Gasteiger partial charge in [0.15, 0.2) is 0 Å². The molecule has 24 heavy (non-hydrogen) atoms. The van der Waals surface area contributed by atoms with E-state index in [0.717, 1.165) is 14.0 Å². The number of hydrogen-bond donors (Lipinski definition) is 1. The van der Waals surface area contributed by atoms with Crippen LogP contribution in [-0.2, 0) is 9.59 Å². The van der Waals surface area contributed by atoms with Crippen molar-refractivity contribution >= 4 is 69.0 Å².